The highest BCUT2D eigenvalue weighted by Crippen LogP contribution is 2.29. The van der Waals surface area contributed by atoms with Gasteiger partial charge in [-0.3, -0.25) is 4.79 Å². The molecule has 0 unspecified atom stereocenters. The lowest BCUT2D eigenvalue weighted by atomic mass is 10.1. The molecule has 90 valence electrons. The van der Waals surface area contributed by atoms with Gasteiger partial charge in [0.1, 0.15) is 10.6 Å². The van der Waals surface area contributed by atoms with Crippen molar-refractivity contribution >= 4 is 28.3 Å². The predicted molar refractivity (Wildman–Crippen MR) is 64.6 cm³/mol. The van der Waals surface area contributed by atoms with Crippen LogP contribution in [0.3, 0.4) is 0 Å². The largest absolute Gasteiger partial charge is 0.389 e. The first-order valence-electron chi connectivity index (χ1n) is 4.71. The Morgan fingerprint density at radius 3 is 2.62 bits per heavy atom. The molecule has 5 N–H and O–H groups in total. The Balaban J connectivity index is 3.00. The van der Waals surface area contributed by atoms with Crippen molar-refractivity contribution < 1.29 is 9.90 Å². The van der Waals surface area contributed by atoms with E-state index in [0.29, 0.717) is 11.5 Å². The van der Waals surface area contributed by atoms with Gasteiger partial charge in [0.15, 0.2) is 5.82 Å². The van der Waals surface area contributed by atoms with E-state index in [1.807, 2.05) is 0 Å². The number of nitrogen functional groups attached to an aromatic ring is 1. The number of likely N-dealkylation sites (N-methyl/N-ethyl adjacent to an activating group) is 1. The molecule has 0 aromatic carbocycles. The second-order valence-electron chi connectivity index (χ2n) is 4.28. The number of anilines is 2. The Labute approximate surface area is 98.0 Å². The minimum atomic E-state index is -0.873. The number of aliphatic hydroxyl groups is 1. The average Bonchev–Trinajstić information content (AvgIpc) is 2.43. The molecule has 0 aliphatic rings. The van der Waals surface area contributed by atoms with Gasteiger partial charge in [0, 0.05) is 13.6 Å². The molecule has 6 nitrogen and oxygen atoms in total. The van der Waals surface area contributed by atoms with Gasteiger partial charge >= 0.3 is 0 Å². The van der Waals surface area contributed by atoms with Crippen LogP contribution >= 0.6 is 11.5 Å². The Bertz CT molecular complexity index is 397. The molecule has 0 aliphatic carbocycles. The molecule has 0 spiro atoms. The summed E-state index contributed by atoms with van der Waals surface area (Å²) in [5, 5.41) is 10.3. The van der Waals surface area contributed by atoms with Crippen LogP contribution in [-0.2, 0) is 0 Å². The van der Waals surface area contributed by atoms with Gasteiger partial charge in [-0.05, 0) is 25.4 Å². The Morgan fingerprint density at radius 1 is 1.62 bits per heavy atom. The van der Waals surface area contributed by atoms with E-state index in [2.05, 4.69) is 4.37 Å². The Hall–Kier alpha value is -1.34. The zero-order valence-corrected chi connectivity index (χ0v) is 10.3. The highest BCUT2D eigenvalue weighted by atomic mass is 32.1. The number of nitrogens with two attached hydrogens (primary N) is 2. The van der Waals surface area contributed by atoms with Crippen LogP contribution < -0.4 is 16.4 Å². The van der Waals surface area contributed by atoms with Crippen molar-refractivity contribution in [3.05, 3.63) is 5.56 Å². The first-order valence-corrected chi connectivity index (χ1v) is 5.48. The molecular weight excluding hydrogens is 228 g/mol. The lowest BCUT2D eigenvalue weighted by molar-refractivity contribution is 0.0884. The van der Waals surface area contributed by atoms with E-state index in [1.54, 1.807) is 25.8 Å². The van der Waals surface area contributed by atoms with Crippen LogP contribution in [0.1, 0.15) is 24.2 Å². The first kappa shape index (κ1) is 12.7. The fraction of sp³-hybridized carbons (Fsp3) is 0.556. The van der Waals surface area contributed by atoms with Gasteiger partial charge in [-0.2, -0.15) is 4.37 Å². The SMILES string of the molecule is CN(CC(C)(C)O)c1snc(N)c1C(N)=O. The van der Waals surface area contributed by atoms with Crippen LogP contribution in [0.2, 0.25) is 0 Å². The second kappa shape index (κ2) is 4.26. The van der Waals surface area contributed by atoms with Gasteiger partial charge in [0.2, 0.25) is 0 Å². The van der Waals surface area contributed by atoms with Crippen LogP contribution in [-0.4, -0.2) is 34.6 Å². The van der Waals surface area contributed by atoms with E-state index in [-0.39, 0.29) is 11.4 Å². The smallest absolute Gasteiger partial charge is 0.255 e. The molecule has 0 bridgehead atoms. The van der Waals surface area contributed by atoms with Crippen molar-refractivity contribution in [1.29, 1.82) is 0 Å². The quantitative estimate of drug-likeness (QED) is 0.693. The number of carbonyl (C=O) groups excluding carboxylic acids is 1. The fourth-order valence-electron chi connectivity index (χ4n) is 1.44. The van der Waals surface area contributed by atoms with Gasteiger partial charge in [0.25, 0.3) is 5.91 Å². The molecule has 0 saturated heterocycles. The molecule has 0 fully saturated rings. The third-order valence-electron chi connectivity index (χ3n) is 1.92. The molecule has 0 radical (unpaired) electrons. The first-order chi connectivity index (χ1) is 7.22. The van der Waals surface area contributed by atoms with E-state index in [1.165, 1.54) is 0 Å². The summed E-state index contributed by atoms with van der Waals surface area (Å²) in [4.78, 5) is 12.9. The van der Waals surface area contributed by atoms with E-state index >= 15 is 0 Å². The van der Waals surface area contributed by atoms with Crippen LogP contribution in [0.4, 0.5) is 10.8 Å². The number of carbonyl (C=O) groups is 1. The number of nitrogens with zero attached hydrogens (tertiary/aromatic N) is 2. The molecule has 1 rings (SSSR count). The summed E-state index contributed by atoms with van der Waals surface area (Å²) in [6.07, 6.45) is 0. The lowest BCUT2D eigenvalue weighted by Crippen LogP contribution is -2.36. The molecule has 16 heavy (non-hydrogen) atoms. The number of aromatic nitrogens is 1. The predicted octanol–water partition coefficient (Wildman–Crippen LogP) is 0.0313. The summed E-state index contributed by atoms with van der Waals surface area (Å²) >= 11 is 1.09. The normalized spacial score (nSPS) is 11.5. The molecule has 0 atom stereocenters. The van der Waals surface area contributed by atoms with Gasteiger partial charge in [-0.15, -0.1) is 0 Å². The summed E-state index contributed by atoms with van der Waals surface area (Å²) in [6, 6.07) is 0. The van der Waals surface area contributed by atoms with Crippen LogP contribution in [0.25, 0.3) is 0 Å². The topological polar surface area (TPSA) is 105 Å². The standard InChI is InChI=1S/C9H16N4O2S/c1-9(2,15)4-13(3)8-5(7(11)14)6(10)12-16-8/h15H,4H2,1-3H3,(H2,10,12)(H2,11,14). The second-order valence-corrected chi connectivity index (χ2v) is 5.03. The van der Waals surface area contributed by atoms with Crippen LogP contribution in [0, 0.1) is 0 Å². The Kier molecular flexibility index (Phi) is 3.39. The minimum Gasteiger partial charge on any atom is -0.389 e. The van der Waals surface area contributed by atoms with E-state index in [4.69, 9.17) is 11.5 Å². The van der Waals surface area contributed by atoms with Gasteiger partial charge in [0.05, 0.1) is 5.60 Å². The zero-order chi connectivity index (χ0) is 12.5. The number of primary amides is 1. The van der Waals surface area contributed by atoms with Gasteiger partial charge in [-0.1, -0.05) is 0 Å². The highest BCUT2D eigenvalue weighted by molar-refractivity contribution is 7.11. The number of hydrogen-bond acceptors (Lipinski definition) is 6. The highest BCUT2D eigenvalue weighted by Gasteiger charge is 2.23. The summed E-state index contributed by atoms with van der Waals surface area (Å²) in [5.74, 6) is -0.473. The van der Waals surface area contributed by atoms with Gasteiger partial charge < -0.3 is 21.5 Å². The maximum absolute atomic E-state index is 11.2. The molecule has 0 aliphatic heterocycles. The lowest BCUT2D eigenvalue weighted by Gasteiger charge is -2.26. The third kappa shape index (κ3) is 2.83. The molecule has 1 aromatic heterocycles. The van der Waals surface area contributed by atoms with Crippen molar-refractivity contribution in [3.63, 3.8) is 0 Å². The number of hydrogen-bond donors (Lipinski definition) is 3. The number of rotatable bonds is 4. The van der Waals surface area contributed by atoms with Gasteiger partial charge in [-0.25, -0.2) is 0 Å². The average molecular weight is 244 g/mol. The van der Waals surface area contributed by atoms with Crippen LogP contribution in [0.5, 0.6) is 0 Å². The molecule has 0 saturated carbocycles. The molecule has 7 heteroatoms. The summed E-state index contributed by atoms with van der Waals surface area (Å²) in [5.41, 5.74) is 10.1. The molecule has 1 amide bonds. The molecule has 1 aromatic rings. The minimum absolute atomic E-state index is 0.134. The monoisotopic (exact) mass is 244 g/mol. The third-order valence-corrected chi connectivity index (χ3v) is 2.89. The van der Waals surface area contributed by atoms with Crippen molar-refractivity contribution in [2.45, 2.75) is 19.4 Å². The zero-order valence-electron chi connectivity index (χ0n) is 9.52. The maximum atomic E-state index is 11.2. The van der Waals surface area contributed by atoms with E-state index < -0.39 is 11.5 Å². The van der Waals surface area contributed by atoms with Crippen molar-refractivity contribution in [2.75, 3.05) is 24.2 Å². The molecule has 1 heterocycles. The number of amides is 1. The van der Waals surface area contributed by atoms with E-state index in [0.717, 1.165) is 11.5 Å². The van der Waals surface area contributed by atoms with Crippen molar-refractivity contribution in [1.82, 2.24) is 4.37 Å². The van der Waals surface area contributed by atoms with Crippen LogP contribution in [0.15, 0.2) is 0 Å². The van der Waals surface area contributed by atoms with Crippen molar-refractivity contribution in [2.24, 2.45) is 5.73 Å². The molecular formula is C9H16N4O2S. The summed E-state index contributed by atoms with van der Waals surface area (Å²) in [6.45, 7) is 3.71. The summed E-state index contributed by atoms with van der Waals surface area (Å²) in [7, 11) is 1.75. The maximum Gasteiger partial charge on any atom is 0.255 e. The van der Waals surface area contributed by atoms with E-state index in [9.17, 15) is 9.90 Å². The van der Waals surface area contributed by atoms with Crippen molar-refractivity contribution in [3.8, 4) is 0 Å². The Morgan fingerprint density at radius 2 is 2.19 bits per heavy atom. The fourth-order valence-corrected chi connectivity index (χ4v) is 2.21. The summed E-state index contributed by atoms with van der Waals surface area (Å²) < 4.78 is 3.88.